The van der Waals surface area contributed by atoms with E-state index in [1.165, 1.54) is 13.2 Å². The number of aromatic nitrogens is 2. The number of para-hydroxylation sites is 1. The van der Waals surface area contributed by atoms with E-state index in [-0.39, 0.29) is 18.3 Å². The van der Waals surface area contributed by atoms with Gasteiger partial charge < -0.3 is 14.8 Å². The Morgan fingerprint density at radius 1 is 1.31 bits per heavy atom. The number of rotatable bonds is 7. The number of terminal acetylenes is 1. The third-order valence-corrected chi connectivity index (χ3v) is 3.81. The highest BCUT2D eigenvalue weighted by Gasteiger charge is 2.11. The Morgan fingerprint density at radius 3 is 2.86 bits per heavy atom. The van der Waals surface area contributed by atoms with Crippen molar-refractivity contribution in [3.05, 3.63) is 64.7 Å². The first-order chi connectivity index (χ1) is 14.1. The first-order valence-electron chi connectivity index (χ1n) is 8.49. The summed E-state index contributed by atoms with van der Waals surface area (Å²) >= 11 is 0. The van der Waals surface area contributed by atoms with Crippen molar-refractivity contribution in [1.82, 2.24) is 10.1 Å². The monoisotopic (exact) mass is 391 g/mol. The molecule has 29 heavy (non-hydrogen) atoms. The van der Waals surface area contributed by atoms with Gasteiger partial charge in [-0.1, -0.05) is 29.3 Å². The normalized spacial score (nSPS) is 10.5. The van der Waals surface area contributed by atoms with Crippen LogP contribution in [0.1, 0.15) is 5.56 Å². The lowest BCUT2D eigenvalue weighted by Gasteiger charge is -2.09. The fraction of sp³-hybridized carbons (Fsp3) is 0.0952. The van der Waals surface area contributed by atoms with Gasteiger partial charge in [-0.05, 0) is 35.9 Å². The second kappa shape index (κ2) is 9.10. The van der Waals surface area contributed by atoms with Crippen molar-refractivity contribution in [2.45, 2.75) is 0 Å². The van der Waals surface area contributed by atoms with Crippen molar-refractivity contribution >= 4 is 17.7 Å². The van der Waals surface area contributed by atoms with E-state index in [4.69, 9.17) is 15.9 Å². The van der Waals surface area contributed by atoms with Crippen LogP contribution in [-0.2, 0) is 4.79 Å². The lowest BCUT2D eigenvalue weighted by molar-refractivity contribution is -0.111. The van der Waals surface area contributed by atoms with Gasteiger partial charge in [-0.15, -0.1) is 6.42 Å². The number of aromatic amines is 1. The van der Waals surface area contributed by atoms with Gasteiger partial charge in [0.15, 0.2) is 17.3 Å². The highest BCUT2D eigenvalue weighted by molar-refractivity contribution is 6.03. The molecule has 0 aliphatic carbocycles. The first kappa shape index (κ1) is 19.5. The summed E-state index contributed by atoms with van der Waals surface area (Å²) in [5.41, 5.74) is 1.73. The molecule has 0 spiro atoms. The summed E-state index contributed by atoms with van der Waals surface area (Å²) in [4.78, 5) is 26.0. The maximum absolute atomic E-state index is 12.3. The molecule has 8 heteroatoms. The topological polar surface area (TPSA) is 106 Å². The highest BCUT2D eigenvalue weighted by atomic mass is 16.5. The van der Waals surface area contributed by atoms with E-state index in [2.05, 4.69) is 25.9 Å². The van der Waals surface area contributed by atoms with E-state index in [1.807, 2.05) is 0 Å². The fourth-order valence-electron chi connectivity index (χ4n) is 2.52. The third-order valence-electron chi connectivity index (χ3n) is 3.81. The summed E-state index contributed by atoms with van der Waals surface area (Å²) in [6, 6.07) is 12.1. The summed E-state index contributed by atoms with van der Waals surface area (Å²) in [6.07, 6.45) is 8.20. The molecule has 8 nitrogen and oxygen atoms in total. The van der Waals surface area contributed by atoms with Crippen LogP contribution >= 0.6 is 0 Å². The van der Waals surface area contributed by atoms with E-state index in [1.54, 1.807) is 48.5 Å². The number of H-pyrrole nitrogens is 1. The molecule has 0 aliphatic heterocycles. The number of nitrogens with zero attached hydrogens (tertiary/aromatic N) is 1. The van der Waals surface area contributed by atoms with Crippen molar-refractivity contribution in [2.75, 3.05) is 19.0 Å². The van der Waals surface area contributed by atoms with Crippen molar-refractivity contribution in [3.8, 4) is 35.2 Å². The summed E-state index contributed by atoms with van der Waals surface area (Å²) in [6.45, 7) is 0.129. The molecule has 1 aromatic heterocycles. The molecule has 3 aromatic rings. The van der Waals surface area contributed by atoms with Crippen molar-refractivity contribution in [1.29, 1.82) is 0 Å². The number of hydrogen-bond acceptors (Lipinski definition) is 6. The number of amides is 1. The van der Waals surface area contributed by atoms with Gasteiger partial charge >= 0.3 is 5.76 Å². The summed E-state index contributed by atoms with van der Waals surface area (Å²) < 4.78 is 15.2. The van der Waals surface area contributed by atoms with Crippen LogP contribution in [0.5, 0.6) is 11.5 Å². The number of anilines is 1. The lowest BCUT2D eigenvalue weighted by atomic mass is 10.1. The molecule has 0 radical (unpaired) electrons. The molecule has 0 atom stereocenters. The van der Waals surface area contributed by atoms with Gasteiger partial charge in [-0.25, -0.2) is 4.79 Å². The minimum absolute atomic E-state index is 0.129. The third kappa shape index (κ3) is 4.93. The molecule has 2 N–H and O–H groups in total. The van der Waals surface area contributed by atoms with Gasteiger partial charge in [-0.2, -0.15) is 0 Å². The quantitative estimate of drug-likeness (QED) is 0.474. The van der Waals surface area contributed by atoms with Crippen LogP contribution in [-0.4, -0.2) is 29.8 Å². The number of benzene rings is 2. The van der Waals surface area contributed by atoms with Crippen LogP contribution in [0.2, 0.25) is 0 Å². The molecule has 0 fully saturated rings. The van der Waals surface area contributed by atoms with Crippen LogP contribution in [0.15, 0.2) is 57.9 Å². The van der Waals surface area contributed by atoms with Gasteiger partial charge in [0.25, 0.3) is 0 Å². The Kier molecular flexibility index (Phi) is 6.12. The first-order valence-corrected chi connectivity index (χ1v) is 8.49. The summed E-state index contributed by atoms with van der Waals surface area (Å²) in [7, 11) is 1.52. The predicted molar refractivity (Wildman–Crippen MR) is 108 cm³/mol. The maximum Gasteiger partial charge on any atom is 0.439 e. The van der Waals surface area contributed by atoms with Crippen LogP contribution in [0, 0.1) is 12.3 Å². The Balaban J connectivity index is 1.74. The van der Waals surface area contributed by atoms with Gasteiger partial charge in [0.05, 0.1) is 12.8 Å². The van der Waals surface area contributed by atoms with Gasteiger partial charge in [0.2, 0.25) is 5.91 Å². The van der Waals surface area contributed by atoms with Crippen LogP contribution in [0.25, 0.3) is 17.5 Å². The zero-order valence-electron chi connectivity index (χ0n) is 15.5. The van der Waals surface area contributed by atoms with Crippen molar-refractivity contribution < 1.29 is 18.8 Å². The Labute approximate surface area is 166 Å². The number of carbonyl (C=O) groups excluding carboxylic acids is 1. The number of hydrogen-bond donors (Lipinski definition) is 2. The number of carbonyl (C=O) groups is 1. The standard InChI is InChI=1S/C21H17N3O5/c1-3-12-28-17-10-8-14(13-18(17)27-2)9-11-19(25)22-16-7-5-4-6-15(16)20-23-21(26)29-24-20/h1,4-11,13H,12H2,2H3,(H,22,25)(H,23,24,26)/b11-9+. The molecule has 146 valence electrons. The highest BCUT2D eigenvalue weighted by Crippen LogP contribution is 2.28. The number of methoxy groups -OCH3 is 1. The molecule has 0 saturated heterocycles. The molecular formula is C21H17N3O5. The predicted octanol–water partition coefficient (Wildman–Crippen LogP) is 2.70. The van der Waals surface area contributed by atoms with Crippen LogP contribution in [0.3, 0.4) is 0 Å². The van der Waals surface area contributed by atoms with E-state index in [0.717, 1.165) is 5.56 Å². The molecule has 3 rings (SSSR count). The molecule has 1 amide bonds. The molecule has 1 heterocycles. The van der Waals surface area contributed by atoms with Crippen molar-refractivity contribution in [2.24, 2.45) is 0 Å². The van der Waals surface area contributed by atoms with Crippen molar-refractivity contribution in [3.63, 3.8) is 0 Å². The fourth-order valence-corrected chi connectivity index (χ4v) is 2.52. The van der Waals surface area contributed by atoms with E-state index < -0.39 is 5.76 Å². The maximum atomic E-state index is 12.3. The lowest BCUT2D eigenvalue weighted by Crippen LogP contribution is -2.09. The average molecular weight is 391 g/mol. The molecule has 0 aliphatic rings. The molecular weight excluding hydrogens is 374 g/mol. The summed E-state index contributed by atoms with van der Waals surface area (Å²) in [5, 5.41) is 6.39. The van der Waals surface area contributed by atoms with E-state index in [9.17, 15) is 9.59 Å². The Hall–Kier alpha value is -4.25. The Bertz CT molecular complexity index is 1140. The van der Waals surface area contributed by atoms with Gasteiger partial charge in [-0.3, -0.25) is 14.3 Å². The van der Waals surface area contributed by atoms with E-state index >= 15 is 0 Å². The Morgan fingerprint density at radius 2 is 2.14 bits per heavy atom. The zero-order valence-corrected chi connectivity index (χ0v) is 15.5. The second-order valence-corrected chi connectivity index (χ2v) is 5.71. The number of ether oxygens (including phenoxy) is 2. The molecule has 0 unspecified atom stereocenters. The van der Waals surface area contributed by atoms with Gasteiger partial charge in [0.1, 0.15) is 6.61 Å². The average Bonchev–Trinajstić information content (AvgIpc) is 3.17. The SMILES string of the molecule is C#CCOc1ccc(/C=C/C(=O)Nc2ccccc2-c2noc(=O)[nH]2)cc1OC. The minimum atomic E-state index is -0.676. The smallest absolute Gasteiger partial charge is 0.439 e. The molecule has 2 aromatic carbocycles. The van der Waals surface area contributed by atoms with Crippen LogP contribution < -0.4 is 20.5 Å². The molecule has 0 bridgehead atoms. The summed E-state index contributed by atoms with van der Waals surface area (Å²) in [5.74, 6) is 2.59. The van der Waals surface area contributed by atoms with E-state index in [0.29, 0.717) is 22.7 Å². The minimum Gasteiger partial charge on any atom is -0.493 e. The zero-order chi connectivity index (χ0) is 20.6. The van der Waals surface area contributed by atoms with Gasteiger partial charge in [0, 0.05) is 11.6 Å². The molecule has 0 saturated carbocycles. The van der Waals surface area contributed by atoms with Crippen LogP contribution in [0.4, 0.5) is 5.69 Å². The largest absolute Gasteiger partial charge is 0.493 e. The number of nitrogens with one attached hydrogen (secondary N) is 2. The second-order valence-electron chi connectivity index (χ2n) is 5.71.